The van der Waals surface area contributed by atoms with E-state index in [0.717, 1.165) is 44.0 Å². The Kier molecular flexibility index (Phi) is 11.0. The molecule has 0 radical (unpaired) electrons. The van der Waals surface area contributed by atoms with Crippen LogP contribution in [-0.2, 0) is 4.79 Å². The molecule has 0 aliphatic carbocycles. The molecule has 0 bridgehead atoms. The first-order chi connectivity index (χ1) is 11.7. The summed E-state index contributed by atoms with van der Waals surface area (Å²) >= 11 is 1.94. The lowest BCUT2D eigenvalue weighted by molar-refractivity contribution is -0.122. The maximum atomic E-state index is 12.2. The number of amides is 1. The molecule has 3 rings (SSSR count). The second-order valence-corrected chi connectivity index (χ2v) is 8.04. The van der Waals surface area contributed by atoms with Gasteiger partial charge in [0.15, 0.2) is 0 Å². The molecular weight excluding hydrogens is 389 g/mol. The molecule has 2 N–H and O–H groups in total. The fourth-order valence-corrected chi connectivity index (χ4v) is 4.58. The van der Waals surface area contributed by atoms with E-state index >= 15 is 0 Å². The molecule has 2 aliphatic rings. The van der Waals surface area contributed by atoms with Gasteiger partial charge in [-0.05, 0) is 25.3 Å². The highest BCUT2D eigenvalue weighted by Gasteiger charge is 2.25. The zero-order valence-corrected chi connectivity index (χ0v) is 17.8. The summed E-state index contributed by atoms with van der Waals surface area (Å²) in [4.78, 5) is 14.8. The van der Waals surface area contributed by atoms with E-state index in [1.54, 1.807) is 0 Å². The van der Waals surface area contributed by atoms with E-state index in [1.807, 2.05) is 11.8 Å². The number of hydrogen-bond donors (Lipinski definition) is 2. The summed E-state index contributed by atoms with van der Waals surface area (Å²) in [6, 6.07) is 11.8. The van der Waals surface area contributed by atoms with Gasteiger partial charge in [-0.3, -0.25) is 9.69 Å². The fraction of sp³-hybridized carbons (Fsp3) is 0.632. The van der Waals surface area contributed by atoms with Crippen LogP contribution in [0.3, 0.4) is 0 Å². The first kappa shape index (κ1) is 23.6. The third kappa shape index (κ3) is 6.93. The van der Waals surface area contributed by atoms with Gasteiger partial charge in [0.1, 0.15) is 0 Å². The number of rotatable bonds is 5. The number of nitrogens with one attached hydrogen (secondary N) is 2. The molecule has 2 aliphatic heterocycles. The minimum atomic E-state index is 0. The van der Waals surface area contributed by atoms with Gasteiger partial charge in [0.05, 0.1) is 0 Å². The summed E-state index contributed by atoms with van der Waals surface area (Å²) in [6.07, 6.45) is 2.72. The normalized spacial score (nSPS) is 22.6. The number of halogens is 2. The lowest BCUT2D eigenvalue weighted by Crippen LogP contribution is -2.47. The Morgan fingerprint density at radius 3 is 2.58 bits per heavy atom. The van der Waals surface area contributed by atoms with Crippen molar-refractivity contribution in [2.75, 3.05) is 31.1 Å². The molecule has 0 spiro atoms. The maximum absolute atomic E-state index is 12.2. The summed E-state index contributed by atoms with van der Waals surface area (Å²) in [7, 11) is 0. The van der Waals surface area contributed by atoms with Crippen molar-refractivity contribution in [3.8, 4) is 0 Å². The number of carbonyl (C=O) groups is 1. The van der Waals surface area contributed by atoms with Crippen molar-refractivity contribution < 1.29 is 4.79 Å². The molecule has 1 aromatic carbocycles. The predicted octanol–water partition coefficient (Wildman–Crippen LogP) is 3.27. The molecule has 7 heteroatoms. The number of likely N-dealkylation sites (tertiary alicyclic amines) is 1. The topological polar surface area (TPSA) is 44.4 Å². The molecule has 2 saturated heterocycles. The Bertz CT molecular complexity index is 521. The molecule has 148 valence electrons. The SMILES string of the molecule is CC(c1ccccc1)N1CCC(NC(=O)CC2CSCCN2)CC1.Cl.Cl. The van der Waals surface area contributed by atoms with Crippen molar-refractivity contribution in [1.82, 2.24) is 15.5 Å². The van der Waals surface area contributed by atoms with Crippen LogP contribution in [0.1, 0.15) is 37.8 Å². The van der Waals surface area contributed by atoms with Crippen molar-refractivity contribution in [3.05, 3.63) is 35.9 Å². The van der Waals surface area contributed by atoms with Crippen molar-refractivity contribution in [2.24, 2.45) is 0 Å². The van der Waals surface area contributed by atoms with Crippen LogP contribution < -0.4 is 10.6 Å². The van der Waals surface area contributed by atoms with Gasteiger partial charge >= 0.3 is 0 Å². The molecule has 4 nitrogen and oxygen atoms in total. The Hall–Kier alpha value is -0.460. The Morgan fingerprint density at radius 1 is 1.27 bits per heavy atom. The minimum Gasteiger partial charge on any atom is -0.353 e. The highest BCUT2D eigenvalue weighted by Crippen LogP contribution is 2.24. The standard InChI is InChI=1S/C19H29N3OS.2ClH/c1-15(16-5-3-2-4-6-16)22-10-7-17(8-11-22)21-19(23)13-18-14-24-12-9-20-18;;/h2-6,15,17-18,20H,7-14H2,1H3,(H,21,23);2*1H. The van der Waals surface area contributed by atoms with Crippen LogP contribution in [0.4, 0.5) is 0 Å². The monoisotopic (exact) mass is 419 g/mol. The molecule has 1 aromatic rings. The summed E-state index contributed by atoms with van der Waals surface area (Å²) in [5.74, 6) is 2.43. The van der Waals surface area contributed by atoms with Crippen LogP contribution in [0.15, 0.2) is 30.3 Å². The van der Waals surface area contributed by atoms with Crippen LogP contribution in [0.25, 0.3) is 0 Å². The van der Waals surface area contributed by atoms with Gasteiger partial charge in [-0.15, -0.1) is 24.8 Å². The van der Waals surface area contributed by atoms with E-state index in [4.69, 9.17) is 0 Å². The lowest BCUT2D eigenvalue weighted by atomic mass is 10.00. The number of nitrogens with zero attached hydrogens (tertiary/aromatic N) is 1. The summed E-state index contributed by atoms with van der Waals surface area (Å²) in [5, 5.41) is 6.69. The summed E-state index contributed by atoms with van der Waals surface area (Å²) in [6.45, 7) is 5.41. The molecule has 0 aromatic heterocycles. The Morgan fingerprint density at radius 2 is 1.96 bits per heavy atom. The molecule has 26 heavy (non-hydrogen) atoms. The number of piperidine rings is 1. The Balaban J connectivity index is 0.00000169. The van der Waals surface area contributed by atoms with Crippen LogP contribution in [0.5, 0.6) is 0 Å². The van der Waals surface area contributed by atoms with Crippen LogP contribution >= 0.6 is 36.6 Å². The van der Waals surface area contributed by atoms with Crippen LogP contribution in [0.2, 0.25) is 0 Å². The van der Waals surface area contributed by atoms with Gasteiger partial charge in [-0.2, -0.15) is 11.8 Å². The largest absolute Gasteiger partial charge is 0.353 e. The van der Waals surface area contributed by atoms with Gasteiger partial charge < -0.3 is 10.6 Å². The van der Waals surface area contributed by atoms with Gasteiger partial charge in [0, 0.05) is 55.7 Å². The second kappa shape index (κ2) is 12.1. The molecule has 2 heterocycles. The smallest absolute Gasteiger partial charge is 0.221 e. The first-order valence-corrected chi connectivity index (χ1v) is 10.3. The van der Waals surface area contributed by atoms with E-state index in [9.17, 15) is 4.79 Å². The average Bonchev–Trinajstić information content (AvgIpc) is 2.63. The highest BCUT2D eigenvalue weighted by molar-refractivity contribution is 7.99. The van der Waals surface area contributed by atoms with Gasteiger partial charge in [0.25, 0.3) is 0 Å². The number of carbonyl (C=O) groups excluding carboxylic acids is 1. The molecular formula is C19H31Cl2N3OS. The van der Waals surface area contributed by atoms with Crippen LogP contribution in [0, 0.1) is 0 Å². The van der Waals surface area contributed by atoms with Crippen LogP contribution in [-0.4, -0.2) is 54.0 Å². The third-order valence-electron chi connectivity index (χ3n) is 5.15. The van der Waals surface area contributed by atoms with Crippen molar-refractivity contribution in [3.63, 3.8) is 0 Å². The number of thioether (sulfide) groups is 1. The Labute approximate surface area is 174 Å². The molecule has 2 unspecified atom stereocenters. The number of benzene rings is 1. The van der Waals surface area contributed by atoms with Crippen molar-refractivity contribution in [1.29, 1.82) is 0 Å². The fourth-order valence-electron chi connectivity index (χ4n) is 3.63. The molecule has 2 fully saturated rings. The van der Waals surface area contributed by atoms with E-state index in [-0.39, 0.29) is 30.7 Å². The van der Waals surface area contributed by atoms with E-state index < -0.39 is 0 Å². The van der Waals surface area contributed by atoms with E-state index in [1.165, 1.54) is 5.56 Å². The van der Waals surface area contributed by atoms with Gasteiger partial charge in [0.2, 0.25) is 5.91 Å². The average molecular weight is 420 g/mol. The van der Waals surface area contributed by atoms with Crippen molar-refractivity contribution in [2.45, 2.75) is 44.3 Å². The van der Waals surface area contributed by atoms with Gasteiger partial charge in [-0.1, -0.05) is 30.3 Å². The van der Waals surface area contributed by atoms with Crippen molar-refractivity contribution >= 4 is 42.5 Å². The minimum absolute atomic E-state index is 0. The van der Waals surface area contributed by atoms with E-state index in [0.29, 0.717) is 24.5 Å². The maximum Gasteiger partial charge on any atom is 0.221 e. The quantitative estimate of drug-likeness (QED) is 0.768. The molecule has 1 amide bonds. The van der Waals surface area contributed by atoms with E-state index in [2.05, 4.69) is 52.8 Å². The second-order valence-electron chi connectivity index (χ2n) is 6.89. The zero-order valence-electron chi connectivity index (χ0n) is 15.4. The summed E-state index contributed by atoms with van der Waals surface area (Å²) < 4.78 is 0. The molecule has 2 atom stereocenters. The zero-order chi connectivity index (χ0) is 16.8. The summed E-state index contributed by atoms with van der Waals surface area (Å²) in [5.41, 5.74) is 1.38. The predicted molar refractivity (Wildman–Crippen MR) is 116 cm³/mol. The highest BCUT2D eigenvalue weighted by atomic mass is 35.5. The lowest BCUT2D eigenvalue weighted by Gasteiger charge is -2.36. The number of hydrogen-bond acceptors (Lipinski definition) is 4. The molecule has 0 saturated carbocycles. The first-order valence-electron chi connectivity index (χ1n) is 9.12. The van der Waals surface area contributed by atoms with Gasteiger partial charge in [-0.25, -0.2) is 0 Å². The third-order valence-corrected chi connectivity index (χ3v) is 6.29.